The number of benzene rings is 1. The van der Waals surface area contributed by atoms with Crippen molar-refractivity contribution in [1.82, 2.24) is 10.2 Å². The monoisotopic (exact) mass is 290 g/mol. The second-order valence-electron chi connectivity index (χ2n) is 5.36. The Balaban J connectivity index is 1.76. The number of piperidine rings is 1. The SMILES string of the molecule is COC(=O)C1CCCN(CC(=O)NCc2ccccc2)C1. The smallest absolute Gasteiger partial charge is 0.309 e. The van der Waals surface area contributed by atoms with E-state index in [0.717, 1.165) is 24.9 Å². The lowest BCUT2D eigenvalue weighted by atomic mass is 9.98. The molecule has 114 valence electrons. The number of carbonyl (C=O) groups is 2. The van der Waals surface area contributed by atoms with Gasteiger partial charge in [-0.1, -0.05) is 30.3 Å². The van der Waals surface area contributed by atoms with Crippen molar-refractivity contribution in [2.45, 2.75) is 19.4 Å². The second-order valence-corrected chi connectivity index (χ2v) is 5.36. The Bertz CT molecular complexity index is 476. The van der Waals surface area contributed by atoms with E-state index in [1.807, 2.05) is 35.2 Å². The standard InChI is InChI=1S/C16H22N2O3/c1-21-16(20)14-8-5-9-18(11-14)12-15(19)17-10-13-6-3-2-4-7-13/h2-4,6-7,14H,5,8-12H2,1H3,(H,17,19). The lowest BCUT2D eigenvalue weighted by molar-refractivity contribution is -0.147. The van der Waals surface area contributed by atoms with Gasteiger partial charge in [0.1, 0.15) is 0 Å². The van der Waals surface area contributed by atoms with Crippen LogP contribution in [-0.4, -0.2) is 43.5 Å². The molecule has 0 aromatic heterocycles. The number of rotatable bonds is 5. The molecule has 1 fully saturated rings. The Kier molecular flexibility index (Phi) is 5.75. The number of esters is 1. The minimum atomic E-state index is -0.176. The molecular weight excluding hydrogens is 268 g/mol. The highest BCUT2D eigenvalue weighted by Gasteiger charge is 2.27. The van der Waals surface area contributed by atoms with Crippen LogP contribution >= 0.6 is 0 Å². The molecule has 1 aromatic carbocycles. The fraction of sp³-hybridized carbons (Fsp3) is 0.500. The molecule has 2 rings (SSSR count). The molecule has 0 spiro atoms. The van der Waals surface area contributed by atoms with E-state index in [-0.39, 0.29) is 17.8 Å². The summed E-state index contributed by atoms with van der Waals surface area (Å²) in [6.45, 7) is 2.33. The summed E-state index contributed by atoms with van der Waals surface area (Å²) in [6, 6.07) is 9.81. The number of nitrogens with one attached hydrogen (secondary N) is 1. The summed E-state index contributed by atoms with van der Waals surface area (Å²) in [5.74, 6) is -0.292. The number of nitrogens with zero attached hydrogens (tertiary/aromatic N) is 1. The van der Waals surface area contributed by atoms with Crippen molar-refractivity contribution in [2.24, 2.45) is 5.92 Å². The highest BCUT2D eigenvalue weighted by molar-refractivity contribution is 5.78. The molecule has 5 nitrogen and oxygen atoms in total. The maximum Gasteiger partial charge on any atom is 0.309 e. The van der Waals surface area contributed by atoms with Crippen LogP contribution in [0.25, 0.3) is 0 Å². The van der Waals surface area contributed by atoms with Crippen LogP contribution in [0.1, 0.15) is 18.4 Å². The van der Waals surface area contributed by atoms with E-state index in [2.05, 4.69) is 5.32 Å². The molecule has 1 N–H and O–H groups in total. The van der Waals surface area contributed by atoms with E-state index >= 15 is 0 Å². The third-order valence-corrected chi connectivity index (χ3v) is 3.74. The topological polar surface area (TPSA) is 58.6 Å². The molecule has 0 radical (unpaired) electrons. The quantitative estimate of drug-likeness (QED) is 0.828. The van der Waals surface area contributed by atoms with Crippen molar-refractivity contribution in [3.63, 3.8) is 0 Å². The summed E-state index contributed by atoms with van der Waals surface area (Å²) in [5.41, 5.74) is 1.08. The van der Waals surface area contributed by atoms with Gasteiger partial charge in [0, 0.05) is 13.1 Å². The van der Waals surface area contributed by atoms with Crippen LogP contribution in [0.5, 0.6) is 0 Å². The Morgan fingerprint density at radius 2 is 2.10 bits per heavy atom. The van der Waals surface area contributed by atoms with Gasteiger partial charge in [-0.3, -0.25) is 14.5 Å². The van der Waals surface area contributed by atoms with E-state index in [0.29, 0.717) is 19.6 Å². The third kappa shape index (κ3) is 4.86. The van der Waals surface area contributed by atoms with Crippen LogP contribution < -0.4 is 5.32 Å². The van der Waals surface area contributed by atoms with Crippen LogP contribution in [0, 0.1) is 5.92 Å². The number of amides is 1. The zero-order valence-corrected chi connectivity index (χ0v) is 12.4. The van der Waals surface area contributed by atoms with Crippen molar-refractivity contribution < 1.29 is 14.3 Å². The number of carbonyl (C=O) groups excluding carboxylic acids is 2. The molecular formula is C16H22N2O3. The maximum absolute atomic E-state index is 12.0. The van der Waals surface area contributed by atoms with E-state index < -0.39 is 0 Å². The highest BCUT2D eigenvalue weighted by Crippen LogP contribution is 2.17. The zero-order chi connectivity index (χ0) is 15.1. The molecule has 1 aliphatic heterocycles. The van der Waals surface area contributed by atoms with Crippen molar-refractivity contribution >= 4 is 11.9 Å². The highest BCUT2D eigenvalue weighted by atomic mass is 16.5. The molecule has 1 heterocycles. The Hall–Kier alpha value is -1.88. The first-order chi connectivity index (χ1) is 10.2. The minimum absolute atomic E-state index is 0.00984. The van der Waals surface area contributed by atoms with Crippen LogP contribution in [0.3, 0.4) is 0 Å². The van der Waals surface area contributed by atoms with E-state index in [4.69, 9.17) is 4.74 Å². The summed E-state index contributed by atoms with van der Waals surface area (Å²) in [4.78, 5) is 25.5. The number of methoxy groups -OCH3 is 1. The van der Waals surface area contributed by atoms with Gasteiger partial charge in [-0.05, 0) is 24.9 Å². The zero-order valence-electron chi connectivity index (χ0n) is 12.4. The summed E-state index contributed by atoms with van der Waals surface area (Å²) < 4.78 is 4.78. The summed E-state index contributed by atoms with van der Waals surface area (Å²) >= 11 is 0. The Morgan fingerprint density at radius 3 is 2.81 bits per heavy atom. The molecule has 1 aromatic rings. The number of hydrogen-bond acceptors (Lipinski definition) is 4. The third-order valence-electron chi connectivity index (χ3n) is 3.74. The molecule has 5 heteroatoms. The molecule has 1 atom stereocenters. The summed E-state index contributed by atoms with van der Waals surface area (Å²) in [7, 11) is 1.41. The van der Waals surface area contributed by atoms with Crippen molar-refractivity contribution in [3.8, 4) is 0 Å². The van der Waals surface area contributed by atoms with Crippen LogP contribution in [0.2, 0.25) is 0 Å². The van der Waals surface area contributed by atoms with Gasteiger partial charge in [0.15, 0.2) is 0 Å². The van der Waals surface area contributed by atoms with E-state index in [9.17, 15) is 9.59 Å². The Labute approximate surface area is 125 Å². The number of ether oxygens (including phenoxy) is 1. The van der Waals surface area contributed by atoms with Crippen molar-refractivity contribution in [3.05, 3.63) is 35.9 Å². The van der Waals surface area contributed by atoms with Gasteiger partial charge in [-0.2, -0.15) is 0 Å². The average Bonchev–Trinajstić information content (AvgIpc) is 2.53. The number of likely N-dealkylation sites (tertiary alicyclic amines) is 1. The molecule has 1 unspecified atom stereocenters. The van der Waals surface area contributed by atoms with Crippen molar-refractivity contribution in [2.75, 3.05) is 26.7 Å². The largest absolute Gasteiger partial charge is 0.469 e. The lowest BCUT2D eigenvalue weighted by Gasteiger charge is -2.30. The minimum Gasteiger partial charge on any atom is -0.469 e. The van der Waals surface area contributed by atoms with Gasteiger partial charge >= 0.3 is 5.97 Å². The predicted octanol–water partition coefficient (Wildman–Crippen LogP) is 1.19. The van der Waals surface area contributed by atoms with Gasteiger partial charge in [0.05, 0.1) is 19.6 Å². The average molecular weight is 290 g/mol. The fourth-order valence-electron chi connectivity index (χ4n) is 2.61. The fourth-order valence-corrected chi connectivity index (χ4v) is 2.61. The van der Waals surface area contributed by atoms with Gasteiger partial charge in [0.2, 0.25) is 5.91 Å². The first-order valence-corrected chi connectivity index (χ1v) is 7.30. The first kappa shape index (κ1) is 15.5. The first-order valence-electron chi connectivity index (χ1n) is 7.30. The van der Waals surface area contributed by atoms with E-state index in [1.54, 1.807) is 0 Å². The number of hydrogen-bond donors (Lipinski definition) is 1. The second kappa shape index (κ2) is 7.78. The Morgan fingerprint density at radius 1 is 1.33 bits per heavy atom. The van der Waals surface area contributed by atoms with Crippen LogP contribution in [0.4, 0.5) is 0 Å². The van der Waals surface area contributed by atoms with Crippen molar-refractivity contribution in [1.29, 1.82) is 0 Å². The molecule has 0 saturated carbocycles. The molecule has 21 heavy (non-hydrogen) atoms. The van der Waals surface area contributed by atoms with Gasteiger partial charge in [0.25, 0.3) is 0 Å². The van der Waals surface area contributed by atoms with Gasteiger partial charge in [-0.25, -0.2) is 0 Å². The maximum atomic E-state index is 12.0. The lowest BCUT2D eigenvalue weighted by Crippen LogP contribution is -2.44. The van der Waals surface area contributed by atoms with E-state index in [1.165, 1.54) is 7.11 Å². The molecule has 1 amide bonds. The predicted molar refractivity (Wildman–Crippen MR) is 79.5 cm³/mol. The molecule has 0 bridgehead atoms. The molecule has 0 aliphatic carbocycles. The summed E-state index contributed by atoms with van der Waals surface area (Å²) in [6.07, 6.45) is 1.76. The summed E-state index contributed by atoms with van der Waals surface area (Å²) in [5, 5.41) is 2.91. The van der Waals surface area contributed by atoms with Crippen LogP contribution in [0.15, 0.2) is 30.3 Å². The normalized spacial score (nSPS) is 19.0. The molecule has 1 aliphatic rings. The van der Waals surface area contributed by atoms with Gasteiger partial charge in [-0.15, -0.1) is 0 Å². The molecule has 1 saturated heterocycles. The van der Waals surface area contributed by atoms with Crippen LogP contribution in [-0.2, 0) is 20.9 Å². The van der Waals surface area contributed by atoms with Gasteiger partial charge < -0.3 is 10.1 Å².